The van der Waals surface area contributed by atoms with E-state index in [1.54, 1.807) is 24.3 Å². The van der Waals surface area contributed by atoms with Crippen molar-refractivity contribution in [2.45, 2.75) is 6.61 Å². The highest BCUT2D eigenvalue weighted by atomic mass is 19.3. The van der Waals surface area contributed by atoms with Gasteiger partial charge in [0.05, 0.1) is 7.11 Å². The summed E-state index contributed by atoms with van der Waals surface area (Å²) in [4.78, 5) is 11.3. The molecule has 0 bridgehead atoms. The van der Waals surface area contributed by atoms with E-state index in [9.17, 15) is 13.6 Å². The lowest BCUT2D eigenvalue weighted by molar-refractivity contribution is -0.134. The SMILES string of the molecule is COC(=O)/C=C/c1ccc(OC(F)F)c2oc3ccccc3c12. The standard InChI is InChI=1S/C17H12F2O4/c1-21-14(20)9-7-10-6-8-13(23-17(18)19)16-15(10)11-4-2-3-5-12(11)22-16/h2-9,17H,1H3/b9-7+. The maximum Gasteiger partial charge on any atom is 0.387 e. The highest BCUT2D eigenvalue weighted by Crippen LogP contribution is 2.38. The number of esters is 1. The highest BCUT2D eigenvalue weighted by molar-refractivity contribution is 6.11. The van der Waals surface area contributed by atoms with Gasteiger partial charge in [-0.15, -0.1) is 0 Å². The van der Waals surface area contributed by atoms with Crippen LogP contribution in [0.3, 0.4) is 0 Å². The number of fused-ring (bicyclic) bond motifs is 3. The van der Waals surface area contributed by atoms with Crippen molar-refractivity contribution >= 4 is 34.0 Å². The third-order valence-corrected chi connectivity index (χ3v) is 3.34. The number of ether oxygens (including phenoxy) is 2. The van der Waals surface area contributed by atoms with Crippen LogP contribution in [-0.4, -0.2) is 19.7 Å². The topological polar surface area (TPSA) is 48.7 Å². The molecule has 4 nitrogen and oxygen atoms in total. The largest absolute Gasteiger partial charge is 0.466 e. The van der Waals surface area contributed by atoms with Gasteiger partial charge in [0.25, 0.3) is 0 Å². The Morgan fingerprint density at radius 2 is 2.00 bits per heavy atom. The first kappa shape index (κ1) is 15.0. The Kier molecular flexibility index (Phi) is 3.97. The minimum atomic E-state index is -2.96. The zero-order valence-electron chi connectivity index (χ0n) is 12.1. The fraction of sp³-hybridized carbons (Fsp3) is 0.118. The summed E-state index contributed by atoms with van der Waals surface area (Å²) in [7, 11) is 1.27. The van der Waals surface area contributed by atoms with Gasteiger partial charge in [-0.05, 0) is 23.8 Å². The molecule has 1 aromatic heterocycles. The number of furan rings is 1. The Morgan fingerprint density at radius 1 is 1.22 bits per heavy atom. The van der Waals surface area contributed by atoms with Crippen LogP contribution in [0.1, 0.15) is 5.56 Å². The third kappa shape index (κ3) is 2.88. The minimum absolute atomic E-state index is 0.0542. The molecular formula is C17H12F2O4. The summed E-state index contributed by atoms with van der Waals surface area (Å²) in [5.41, 5.74) is 1.39. The number of carbonyl (C=O) groups excluding carboxylic acids is 1. The fourth-order valence-electron chi connectivity index (χ4n) is 2.38. The highest BCUT2D eigenvalue weighted by Gasteiger charge is 2.17. The molecule has 23 heavy (non-hydrogen) atoms. The number of rotatable bonds is 4. The van der Waals surface area contributed by atoms with Gasteiger partial charge in [-0.2, -0.15) is 8.78 Å². The van der Waals surface area contributed by atoms with E-state index >= 15 is 0 Å². The fourth-order valence-corrected chi connectivity index (χ4v) is 2.38. The first-order valence-electron chi connectivity index (χ1n) is 6.75. The predicted molar refractivity (Wildman–Crippen MR) is 81.4 cm³/mol. The number of methoxy groups -OCH3 is 1. The number of halogens is 2. The quantitative estimate of drug-likeness (QED) is 0.529. The summed E-state index contributed by atoms with van der Waals surface area (Å²) >= 11 is 0. The summed E-state index contributed by atoms with van der Waals surface area (Å²) in [5.74, 6) is -0.569. The maximum atomic E-state index is 12.6. The Balaban J connectivity index is 2.25. The average molecular weight is 318 g/mol. The normalized spacial score (nSPS) is 11.7. The monoisotopic (exact) mass is 318 g/mol. The number of hydrogen-bond donors (Lipinski definition) is 0. The molecule has 0 spiro atoms. The molecule has 0 unspecified atom stereocenters. The van der Waals surface area contributed by atoms with Gasteiger partial charge in [0.15, 0.2) is 11.3 Å². The van der Waals surface area contributed by atoms with Crippen LogP contribution in [0.25, 0.3) is 28.0 Å². The zero-order chi connectivity index (χ0) is 16.4. The van der Waals surface area contributed by atoms with Gasteiger partial charge in [-0.3, -0.25) is 0 Å². The Bertz CT molecular complexity index is 896. The first-order chi connectivity index (χ1) is 11.1. The number of para-hydroxylation sites is 1. The van der Waals surface area contributed by atoms with Crippen LogP contribution in [0.2, 0.25) is 0 Å². The van der Waals surface area contributed by atoms with Crippen molar-refractivity contribution in [2.24, 2.45) is 0 Å². The molecule has 0 saturated heterocycles. The van der Waals surface area contributed by atoms with E-state index in [4.69, 9.17) is 4.42 Å². The minimum Gasteiger partial charge on any atom is -0.466 e. The lowest BCUT2D eigenvalue weighted by Crippen LogP contribution is -2.02. The van der Waals surface area contributed by atoms with Crippen molar-refractivity contribution in [3.8, 4) is 5.75 Å². The maximum absolute atomic E-state index is 12.6. The summed E-state index contributed by atoms with van der Waals surface area (Å²) in [5, 5.41) is 1.34. The van der Waals surface area contributed by atoms with Crippen LogP contribution < -0.4 is 4.74 Å². The Labute approximate surface area is 129 Å². The molecule has 3 aromatic rings. The lowest BCUT2D eigenvalue weighted by Gasteiger charge is -2.06. The van der Waals surface area contributed by atoms with Crippen LogP contribution in [-0.2, 0) is 9.53 Å². The third-order valence-electron chi connectivity index (χ3n) is 3.34. The van der Waals surface area contributed by atoms with E-state index in [2.05, 4.69) is 9.47 Å². The molecule has 0 radical (unpaired) electrons. The second-order valence-corrected chi connectivity index (χ2v) is 4.69. The molecular weight excluding hydrogens is 306 g/mol. The number of carbonyl (C=O) groups is 1. The molecule has 0 fully saturated rings. The molecule has 6 heteroatoms. The van der Waals surface area contributed by atoms with E-state index in [1.165, 1.54) is 19.3 Å². The van der Waals surface area contributed by atoms with E-state index in [-0.39, 0.29) is 11.3 Å². The van der Waals surface area contributed by atoms with Gasteiger partial charge < -0.3 is 13.9 Å². The second-order valence-electron chi connectivity index (χ2n) is 4.69. The molecule has 0 aliphatic rings. The summed E-state index contributed by atoms with van der Waals surface area (Å²) < 4.78 is 39.9. The molecule has 0 aliphatic carbocycles. The predicted octanol–water partition coefficient (Wildman–Crippen LogP) is 4.37. The summed E-state index contributed by atoms with van der Waals surface area (Å²) in [6.45, 7) is -2.96. The van der Waals surface area contributed by atoms with Crippen molar-refractivity contribution in [2.75, 3.05) is 7.11 Å². The van der Waals surface area contributed by atoms with Gasteiger partial charge in [-0.25, -0.2) is 4.79 Å². The van der Waals surface area contributed by atoms with Gasteiger partial charge in [0, 0.05) is 16.8 Å². The zero-order valence-corrected chi connectivity index (χ0v) is 12.1. The molecule has 3 rings (SSSR count). The smallest absolute Gasteiger partial charge is 0.387 e. The molecule has 2 aromatic carbocycles. The summed E-state index contributed by atoms with van der Waals surface area (Å²) in [6, 6.07) is 10.1. The molecule has 1 heterocycles. The van der Waals surface area contributed by atoms with Crippen LogP contribution in [0, 0.1) is 0 Å². The number of benzene rings is 2. The summed E-state index contributed by atoms with van der Waals surface area (Å²) in [6.07, 6.45) is 2.80. The molecule has 0 amide bonds. The van der Waals surface area contributed by atoms with Crippen molar-refractivity contribution < 1.29 is 27.5 Å². The molecule has 0 aliphatic heterocycles. The van der Waals surface area contributed by atoms with E-state index in [1.807, 2.05) is 12.1 Å². The average Bonchev–Trinajstić information content (AvgIpc) is 2.93. The molecule has 0 saturated carbocycles. The van der Waals surface area contributed by atoms with Gasteiger partial charge >= 0.3 is 12.6 Å². The number of hydrogen-bond acceptors (Lipinski definition) is 4. The van der Waals surface area contributed by atoms with Crippen LogP contribution in [0.4, 0.5) is 8.78 Å². The van der Waals surface area contributed by atoms with Gasteiger partial charge in [0.2, 0.25) is 0 Å². The second kappa shape index (κ2) is 6.08. The first-order valence-corrected chi connectivity index (χ1v) is 6.75. The van der Waals surface area contributed by atoms with Crippen molar-refractivity contribution in [1.82, 2.24) is 0 Å². The van der Waals surface area contributed by atoms with Gasteiger partial charge in [-0.1, -0.05) is 24.3 Å². The van der Waals surface area contributed by atoms with Crippen molar-refractivity contribution in [1.29, 1.82) is 0 Å². The van der Waals surface area contributed by atoms with Crippen LogP contribution >= 0.6 is 0 Å². The van der Waals surface area contributed by atoms with Crippen LogP contribution in [0.5, 0.6) is 5.75 Å². The molecule has 118 valence electrons. The Hall–Kier alpha value is -2.89. The lowest BCUT2D eigenvalue weighted by atomic mass is 10.1. The Morgan fingerprint density at radius 3 is 2.74 bits per heavy atom. The van der Waals surface area contributed by atoms with E-state index in [0.29, 0.717) is 16.5 Å². The number of alkyl halides is 2. The van der Waals surface area contributed by atoms with E-state index in [0.717, 1.165) is 5.39 Å². The van der Waals surface area contributed by atoms with Crippen molar-refractivity contribution in [3.05, 3.63) is 48.0 Å². The van der Waals surface area contributed by atoms with Crippen LogP contribution in [0.15, 0.2) is 46.9 Å². The van der Waals surface area contributed by atoms with E-state index < -0.39 is 12.6 Å². The molecule has 0 atom stereocenters. The molecule has 0 N–H and O–H groups in total. The van der Waals surface area contributed by atoms with Crippen molar-refractivity contribution in [3.63, 3.8) is 0 Å². The van der Waals surface area contributed by atoms with Gasteiger partial charge in [0.1, 0.15) is 5.58 Å².